The third-order valence-electron chi connectivity index (χ3n) is 2.07. The van der Waals surface area contributed by atoms with Crippen molar-refractivity contribution in [1.82, 2.24) is 4.57 Å². The largest absolute Gasteiger partial charge is 0.478 e. The van der Waals surface area contributed by atoms with Gasteiger partial charge in [-0.2, -0.15) is 0 Å². The number of carboxylic acid groups (broad SMARTS) is 1. The Hall–Kier alpha value is -1.62. The third kappa shape index (κ3) is 3.51. The fraction of sp³-hybridized carbons (Fsp3) is 0.455. The lowest BCUT2D eigenvalue weighted by molar-refractivity contribution is 0.0696. The lowest BCUT2D eigenvalue weighted by Crippen LogP contribution is -2.22. The molecule has 0 aliphatic heterocycles. The molecular weight excluding hydrogens is 210 g/mol. The van der Waals surface area contributed by atoms with E-state index < -0.39 is 5.97 Å². The van der Waals surface area contributed by atoms with Crippen LogP contribution in [-0.4, -0.2) is 28.9 Å². The van der Waals surface area contributed by atoms with Gasteiger partial charge in [0.2, 0.25) is 0 Å². The maximum absolute atomic E-state index is 11.5. The van der Waals surface area contributed by atoms with E-state index in [9.17, 15) is 9.59 Å². The molecule has 5 heteroatoms. The molecule has 5 nitrogen and oxygen atoms in total. The topological polar surface area (TPSA) is 68.5 Å². The molecule has 0 aromatic carbocycles. The summed E-state index contributed by atoms with van der Waals surface area (Å²) in [5, 5.41) is 8.67. The van der Waals surface area contributed by atoms with Crippen LogP contribution in [0.15, 0.2) is 23.1 Å². The van der Waals surface area contributed by atoms with E-state index in [1.54, 1.807) is 0 Å². The van der Waals surface area contributed by atoms with E-state index in [0.29, 0.717) is 19.8 Å². The van der Waals surface area contributed by atoms with Crippen LogP contribution in [0.3, 0.4) is 0 Å². The van der Waals surface area contributed by atoms with Gasteiger partial charge in [-0.05, 0) is 12.5 Å². The van der Waals surface area contributed by atoms with Crippen molar-refractivity contribution in [2.75, 3.05) is 13.2 Å². The van der Waals surface area contributed by atoms with Gasteiger partial charge in [0.05, 0.1) is 12.2 Å². The summed E-state index contributed by atoms with van der Waals surface area (Å²) in [4.78, 5) is 22.0. The highest BCUT2D eigenvalue weighted by atomic mass is 16.5. The Bertz CT molecular complexity index is 411. The number of pyridine rings is 1. The van der Waals surface area contributed by atoms with Gasteiger partial charge in [0.25, 0.3) is 5.56 Å². The van der Waals surface area contributed by atoms with E-state index in [0.717, 1.165) is 12.5 Å². The van der Waals surface area contributed by atoms with Crippen LogP contribution in [-0.2, 0) is 11.3 Å². The van der Waals surface area contributed by atoms with Crippen molar-refractivity contribution < 1.29 is 14.6 Å². The first-order valence-corrected chi connectivity index (χ1v) is 5.16. The van der Waals surface area contributed by atoms with Crippen molar-refractivity contribution in [3.05, 3.63) is 34.2 Å². The molecule has 0 atom stereocenters. The molecular formula is C11H15NO4. The molecule has 0 saturated heterocycles. The zero-order valence-corrected chi connectivity index (χ0v) is 9.18. The van der Waals surface area contributed by atoms with Gasteiger partial charge in [-0.15, -0.1) is 0 Å². The number of ether oxygens (including phenoxy) is 1. The minimum absolute atomic E-state index is 0.00993. The Morgan fingerprint density at radius 3 is 2.81 bits per heavy atom. The maximum atomic E-state index is 11.5. The Kier molecular flexibility index (Phi) is 4.72. The molecule has 0 amide bonds. The second-order valence-electron chi connectivity index (χ2n) is 3.36. The SMILES string of the molecule is CCCOCCn1ccc(C(=O)O)cc1=O. The van der Waals surface area contributed by atoms with E-state index in [1.165, 1.54) is 16.8 Å². The van der Waals surface area contributed by atoms with Gasteiger partial charge >= 0.3 is 5.97 Å². The molecule has 0 fully saturated rings. The normalized spacial score (nSPS) is 10.3. The van der Waals surface area contributed by atoms with Gasteiger partial charge in [0.15, 0.2) is 0 Å². The summed E-state index contributed by atoms with van der Waals surface area (Å²) in [5.41, 5.74) is -0.310. The van der Waals surface area contributed by atoms with Gasteiger partial charge in [0.1, 0.15) is 0 Å². The average molecular weight is 225 g/mol. The predicted molar refractivity (Wildman–Crippen MR) is 58.8 cm³/mol. The standard InChI is InChI=1S/C11H15NO4/c1-2-6-16-7-5-12-4-3-9(11(14)15)8-10(12)13/h3-4,8H,2,5-7H2,1H3,(H,14,15). The van der Waals surface area contributed by atoms with Crippen molar-refractivity contribution in [3.63, 3.8) is 0 Å². The van der Waals surface area contributed by atoms with Gasteiger partial charge < -0.3 is 14.4 Å². The molecule has 1 heterocycles. The molecule has 1 aromatic heterocycles. The van der Waals surface area contributed by atoms with Crippen LogP contribution >= 0.6 is 0 Å². The molecule has 0 radical (unpaired) electrons. The molecule has 88 valence electrons. The number of rotatable bonds is 6. The smallest absolute Gasteiger partial charge is 0.335 e. The number of aromatic nitrogens is 1. The Labute approximate surface area is 93.3 Å². The van der Waals surface area contributed by atoms with Crippen LogP contribution in [0.5, 0.6) is 0 Å². The summed E-state index contributed by atoms with van der Waals surface area (Å²) in [5.74, 6) is -1.09. The first-order chi connectivity index (χ1) is 7.65. The molecule has 1 N–H and O–H groups in total. The molecule has 0 aliphatic carbocycles. The van der Waals surface area contributed by atoms with Crippen LogP contribution < -0.4 is 5.56 Å². The van der Waals surface area contributed by atoms with E-state index >= 15 is 0 Å². The van der Waals surface area contributed by atoms with E-state index in [2.05, 4.69) is 0 Å². The summed E-state index contributed by atoms with van der Waals surface area (Å²) in [7, 11) is 0. The van der Waals surface area contributed by atoms with Gasteiger partial charge in [-0.1, -0.05) is 6.92 Å². The molecule has 0 aliphatic rings. The third-order valence-corrected chi connectivity index (χ3v) is 2.07. The monoisotopic (exact) mass is 225 g/mol. The lowest BCUT2D eigenvalue weighted by Gasteiger charge is -2.06. The Balaban J connectivity index is 2.61. The highest BCUT2D eigenvalue weighted by Crippen LogP contribution is 1.94. The Morgan fingerprint density at radius 2 is 2.25 bits per heavy atom. The lowest BCUT2D eigenvalue weighted by atomic mass is 10.3. The second kappa shape index (κ2) is 6.07. The minimum Gasteiger partial charge on any atom is -0.478 e. The fourth-order valence-electron chi connectivity index (χ4n) is 1.23. The zero-order valence-electron chi connectivity index (χ0n) is 9.18. The van der Waals surface area contributed by atoms with Crippen molar-refractivity contribution in [1.29, 1.82) is 0 Å². The van der Waals surface area contributed by atoms with Crippen LogP contribution in [0, 0.1) is 0 Å². The van der Waals surface area contributed by atoms with Crippen LogP contribution in [0.2, 0.25) is 0 Å². The average Bonchev–Trinajstić information content (AvgIpc) is 2.26. The quantitative estimate of drug-likeness (QED) is 0.732. The van der Waals surface area contributed by atoms with Gasteiger partial charge in [0, 0.05) is 25.4 Å². The van der Waals surface area contributed by atoms with E-state index in [1.807, 2.05) is 6.92 Å². The summed E-state index contributed by atoms with van der Waals surface area (Å²) < 4.78 is 6.68. The fourth-order valence-corrected chi connectivity index (χ4v) is 1.23. The van der Waals surface area contributed by atoms with E-state index in [-0.39, 0.29) is 11.1 Å². The van der Waals surface area contributed by atoms with Crippen LogP contribution in [0.25, 0.3) is 0 Å². The first-order valence-electron chi connectivity index (χ1n) is 5.16. The van der Waals surface area contributed by atoms with Gasteiger partial charge in [-0.25, -0.2) is 4.79 Å². The van der Waals surface area contributed by atoms with Crippen LogP contribution in [0.1, 0.15) is 23.7 Å². The van der Waals surface area contributed by atoms with Crippen molar-refractivity contribution in [3.8, 4) is 0 Å². The number of nitrogens with zero attached hydrogens (tertiary/aromatic N) is 1. The van der Waals surface area contributed by atoms with Crippen molar-refractivity contribution in [2.24, 2.45) is 0 Å². The molecule has 0 saturated carbocycles. The first kappa shape index (κ1) is 12.4. The van der Waals surface area contributed by atoms with Crippen molar-refractivity contribution >= 4 is 5.97 Å². The highest BCUT2D eigenvalue weighted by Gasteiger charge is 2.04. The second-order valence-corrected chi connectivity index (χ2v) is 3.36. The van der Waals surface area contributed by atoms with Crippen LogP contribution in [0.4, 0.5) is 0 Å². The Morgan fingerprint density at radius 1 is 1.50 bits per heavy atom. The number of hydrogen-bond acceptors (Lipinski definition) is 3. The summed E-state index contributed by atoms with van der Waals surface area (Å²) >= 11 is 0. The molecule has 0 bridgehead atoms. The number of carboxylic acids is 1. The van der Waals surface area contributed by atoms with Crippen molar-refractivity contribution in [2.45, 2.75) is 19.9 Å². The molecule has 0 unspecified atom stereocenters. The minimum atomic E-state index is -1.09. The number of aromatic carboxylic acids is 1. The number of carbonyl (C=O) groups is 1. The number of hydrogen-bond donors (Lipinski definition) is 1. The molecule has 1 aromatic rings. The molecule has 0 spiro atoms. The van der Waals surface area contributed by atoms with Gasteiger partial charge in [-0.3, -0.25) is 4.79 Å². The summed E-state index contributed by atoms with van der Waals surface area (Å²) in [6.07, 6.45) is 2.41. The predicted octanol–water partition coefficient (Wildman–Crippen LogP) is 0.973. The summed E-state index contributed by atoms with van der Waals surface area (Å²) in [6, 6.07) is 2.52. The zero-order chi connectivity index (χ0) is 12.0. The highest BCUT2D eigenvalue weighted by molar-refractivity contribution is 5.87. The molecule has 16 heavy (non-hydrogen) atoms. The maximum Gasteiger partial charge on any atom is 0.335 e. The molecule has 1 rings (SSSR count). The summed E-state index contributed by atoms with van der Waals surface area (Å²) in [6.45, 7) is 3.58. The van der Waals surface area contributed by atoms with E-state index in [4.69, 9.17) is 9.84 Å².